The number of benzene rings is 1. The van der Waals surface area contributed by atoms with Gasteiger partial charge in [0.25, 0.3) is 5.69 Å². The quantitative estimate of drug-likeness (QED) is 0.619. The first-order valence-corrected chi connectivity index (χ1v) is 8.44. The maximum atomic E-state index is 11.7. The molecule has 0 aromatic heterocycles. The number of hydrogen-bond acceptors (Lipinski definition) is 5. The molecule has 1 saturated heterocycles. The van der Waals surface area contributed by atoms with Crippen molar-refractivity contribution in [1.29, 1.82) is 0 Å². The summed E-state index contributed by atoms with van der Waals surface area (Å²) in [6, 6.07) is 3.65. The predicted molar refractivity (Wildman–Crippen MR) is 88.9 cm³/mol. The van der Waals surface area contributed by atoms with E-state index >= 15 is 0 Å². The van der Waals surface area contributed by atoms with Gasteiger partial charge >= 0.3 is 5.97 Å². The van der Waals surface area contributed by atoms with Gasteiger partial charge in [-0.1, -0.05) is 18.9 Å². The number of nitrogens with zero attached hydrogens (tertiary/aromatic N) is 2. The summed E-state index contributed by atoms with van der Waals surface area (Å²) in [5.74, 6) is -1.28. The van der Waals surface area contributed by atoms with Gasteiger partial charge < -0.3 is 10.8 Å². The standard InChI is InChI=1S/C17H21N3O5/c18-16(21)11-5-6-12(14(8-11)20(24)25)9-19-13-4-2-1-3-10(13)7-15(19)17(22)23/h5-6,8,10,13,15H,1-4,7,9H2,(H2,18,21)(H,22,23). The van der Waals surface area contributed by atoms with Crippen LogP contribution >= 0.6 is 0 Å². The summed E-state index contributed by atoms with van der Waals surface area (Å²) in [6.07, 6.45) is 4.67. The highest BCUT2D eigenvalue weighted by Gasteiger charge is 2.45. The second kappa shape index (κ2) is 6.79. The summed E-state index contributed by atoms with van der Waals surface area (Å²) in [6.45, 7) is 0.188. The van der Waals surface area contributed by atoms with Crippen molar-refractivity contribution >= 4 is 17.6 Å². The van der Waals surface area contributed by atoms with Crippen LogP contribution in [-0.4, -0.2) is 38.9 Å². The van der Waals surface area contributed by atoms with Gasteiger partial charge in [-0.05, 0) is 31.2 Å². The van der Waals surface area contributed by atoms with Crippen LogP contribution < -0.4 is 5.73 Å². The maximum Gasteiger partial charge on any atom is 0.320 e. The van der Waals surface area contributed by atoms with E-state index in [1.165, 1.54) is 18.2 Å². The number of nitrogens with two attached hydrogens (primary N) is 1. The van der Waals surface area contributed by atoms with E-state index in [1.807, 2.05) is 4.90 Å². The minimum Gasteiger partial charge on any atom is -0.480 e. The zero-order chi connectivity index (χ0) is 18.1. The van der Waals surface area contributed by atoms with Crippen LogP contribution in [0.15, 0.2) is 18.2 Å². The van der Waals surface area contributed by atoms with Crippen LogP contribution in [0.25, 0.3) is 0 Å². The van der Waals surface area contributed by atoms with E-state index in [1.54, 1.807) is 0 Å². The zero-order valence-corrected chi connectivity index (χ0v) is 13.8. The van der Waals surface area contributed by atoms with Gasteiger partial charge in [0, 0.05) is 29.8 Å². The lowest BCUT2D eigenvalue weighted by atomic mass is 9.84. The van der Waals surface area contributed by atoms with Crippen molar-refractivity contribution in [2.24, 2.45) is 11.7 Å². The number of primary amides is 1. The highest BCUT2D eigenvalue weighted by Crippen LogP contribution is 2.41. The zero-order valence-electron chi connectivity index (χ0n) is 13.8. The Balaban J connectivity index is 1.92. The van der Waals surface area contributed by atoms with Crippen LogP contribution in [0.5, 0.6) is 0 Å². The fourth-order valence-corrected chi connectivity index (χ4v) is 4.24. The lowest BCUT2D eigenvalue weighted by molar-refractivity contribution is -0.385. The Bertz CT molecular complexity index is 720. The van der Waals surface area contributed by atoms with Crippen LogP contribution in [0, 0.1) is 16.0 Å². The maximum absolute atomic E-state index is 11.7. The first kappa shape index (κ1) is 17.3. The fourth-order valence-electron chi connectivity index (χ4n) is 4.24. The molecule has 8 nitrogen and oxygen atoms in total. The average molecular weight is 347 g/mol. The summed E-state index contributed by atoms with van der Waals surface area (Å²) in [7, 11) is 0. The van der Waals surface area contributed by atoms with Gasteiger partial charge in [-0.15, -0.1) is 0 Å². The normalized spacial score (nSPS) is 26.2. The third-order valence-corrected chi connectivity index (χ3v) is 5.43. The van der Waals surface area contributed by atoms with E-state index in [2.05, 4.69) is 0 Å². The Morgan fingerprint density at radius 2 is 2.04 bits per heavy atom. The van der Waals surface area contributed by atoms with E-state index < -0.39 is 22.8 Å². The lowest BCUT2D eigenvalue weighted by Gasteiger charge is -2.32. The number of carbonyl (C=O) groups is 2. The summed E-state index contributed by atoms with van der Waals surface area (Å²) in [4.78, 5) is 35.7. The molecule has 2 fully saturated rings. The molecule has 3 unspecified atom stereocenters. The van der Waals surface area contributed by atoms with Crippen molar-refractivity contribution in [3.8, 4) is 0 Å². The molecule has 0 radical (unpaired) electrons. The molecule has 3 N–H and O–H groups in total. The molecule has 1 heterocycles. The fraction of sp³-hybridized carbons (Fsp3) is 0.529. The summed E-state index contributed by atoms with van der Waals surface area (Å²) in [5.41, 5.74) is 5.48. The first-order chi connectivity index (χ1) is 11.9. The van der Waals surface area contributed by atoms with E-state index in [-0.39, 0.29) is 23.8 Å². The molecule has 1 aliphatic heterocycles. The van der Waals surface area contributed by atoms with E-state index in [0.717, 1.165) is 25.7 Å². The summed E-state index contributed by atoms with van der Waals surface area (Å²) < 4.78 is 0. The molecule has 0 spiro atoms. The summed E-state index contributed by atoms with van der Waals surface area (Å²) >= 11 is 0. The van der Waals surface area contributed by atoms with Gasteiger partial charge in [-0.2, -0.15) is 0 Å². The third kappa shape index (κ3) is 3.34. The predicted octanol–water partition coefficient (Wildman–Crippen LogP) is 1.91. The molecule has 25 heavy (non-hydrogen) atoms. The van der Waals surface area contributed by atoms with Gasteiger partial charge in [-0.3, -0.25) is 24.6 Å². The minimum atomic E-state index is -0.884. The number of fused-ring (bicyclic) bond motifs is 1. The van der Waals surface area contributed by atoms with E-state index in [9.17, 15) is 24.8 Å². The van der Waals surface area contributed by atoms with Crippen molar-refractivity contribution < 1.29 is 19.6 Å². The van der Waals surface area contributed by atoms with Crippen molar-refractivity contribution in [2.45, 2.75) is 50.7 Å². The Labute approximate surface area is 144 Å². The molecule has 1 aromatic carbocycles. The number of carboxylic acid groups (broad SMARTS) is 1. The van der Waals surface area contributed by atoms with Crippen molar-refractivity contribution in [1.82, 2.24) is 4.90 Å². The number of likely N-dealkylation sites (tertiary alicyclic amines) is 1. The van der Waals surface area contributed by atoms with Crippen LogP contribution in [0.1, 0.15) is 48.0 Å². The average Bonchev–Trinajstić information content (AvgIpc) is 2.94. The largest absolute Gasteiger partial charge is 0.480 e. The number of carbonyl (C=O) groups excluding carboxylic acids is 1. The molecule has 1 aromatic rings. The second-order valence-corrected chi connectivity index (χ2v) is 6.84. The molecule has 2 aliphatic rings. The smallest absolute Gasteiger partial charge is 0.320 e. The second-order valence-electron chi connectivity index (χ2n) is 6.84. The number of hydrogen-bond donors (Lipinski definition) is 2. The van der Waals surface area contributed by atoms with Crippen molar-refractivity contribution in [3.63, 3.8) is 0 Å². The molecule has 134 valence electrons. The van der Waals surface area contributed by atoms with Crippen molar-refractivity contribution in [3.05, 3.63) is 39.4 Å². The Kier molecular flexibility index (Phi) is 4.71. The van der Waals surface area contributed by atoms with Crippen molar-refractivity contribution in [2.75, 3.05) is 0 Å². The summed E-state index contributed by atoms with van der Waals surface area (Å²) in [5, 5.41) is 21.0. The van der Waals surface area contributed by atoms with Crippen LogP contribution in [0.4, 0.5) is 5.69 Å². The van der Waals surface area contributed by atoms with Crippen LogP contribution in [0.3, 0.4) is 0 Å². The molecule has 3 rings (SSSR count). The number of nitro groups is 1. The Hall–Kier alpha value is -2.48. The minimum absolute atomic E-state index is 0.0715. The molecule has 0 bridgehead atoms. The molecule has 1 saturated carbocycles. The number of aliphatic carboxylic acids is 1. The first-order valence-electron chi connectivity index (χ1n) is 8.44. The van der Waals surface area contributed by atoms with Gasteiger partial charge in [0.05, 0.1) is 4.92 Å². The number of amides is 1. The van der Waals surface area contributed by atoms with Gasteiger partial charge in [0.1, 0.15) is 6.04 Å². The van der Waals surface area contributed by atoms with Crippen LogP contribution in [-0.2, 0) is 11.3 Å². The van der Waals surface area contributed by atoms with Crippen LogP contribution in [0.2, 0.25) is 0 Å². The third-order valence-electron chi connectivity index (χ3n) is 5.43. The Morgan fingerprint density at radius 3 is 2.68 bits per heavy atom. The molecule has 1 aliphatic carbocycles. The molecular weight excluding hydrogens is 326 g/mol. The molecular formula is C17H21N3O5. The number of nitro benzene ring substituents is 1. The number of carboxylic acids is 1. The van der Waals surface area contributed by atoms with Gasteiger partial charge in [0.15, 0.2) is 0 Å². The molecule has 1 amide bonds. The SMILES string of the molecule is NC(=O)c1ccc(CN2C(C(=O)O)CC3CCCCC32)c([N+](=O)[O-])c1. The molecule has 3 atom stereocenters. The highest BCUT2D eigenvalue weighted by molar-refractivity contribution is 5.93. The molecule has 8 heteroatoms. The monoisotopic (exact) mass is 347 g/mol. The van der Waals surface area contributed by atoms with Gasteiger partial charge in [-0.25, -0.2) is 0 Å². The highest BCUT2D eigenvalue weighted by atomic mass is 16.6. The number of rotatable bonds is 5. The Morgan fingerprint density at radius 1 is 1.32 bits per heavy atom. The van der Waals surface area contributed by atoms with Gasteiger partial charge in [0.2, 0.25) is 5.91 Å². The lowest BCUT2D eigenvalue weighted by Crippen LogP contribution is -2.41. The van der Waals surface area contributed by atoms with E-state index in [0.29, 0.717) is 17.9 Å². The topological polar surface area (TPSA) is 127 Å². The van der Waals surface area contributed by atoms with E-state index in [4.69, 9.17) is 5.73 Å².